The Labute approximate surface area is 146 Å². The molecule has 25 heavy (non-hydrogen) atoms. The van der Waals surface area contributed by atoms with Crippen molar-refractivity contribution in [1.29, 1.82) is 0 Å². The predicted molar refractivity (Wildman–Crippen MR) is 99.6 cm³/mol. The van der Waals surface area contributed by atoms with Gasteiger partial charge in [-0.3, -0.25) is 4.79 Å². The van der Waals surface area contributed by atoms with Crippen LogP contribution in [0.5, 0.6) is 0 Å². The highest BCUT2D eigenvalue weighted by Gasteiger charge is 2.19. The first kappa shape index (κ1) is 17.0. The molecule has 6 nitrogen and oxygen atoms in total. The molecule has 2 aromatic carbocycles. The first-order valence-electron chi connectivity index (χ1n) is 8.07. The fourth-order valence-electron chi connectivity index (χ4n) is 2.79. The molecule has 130 valence electrons. The van der Waals surface area contributed by atoms with E-state index >= 15 is 0 Å². The fourth-order valence-corrected chi connectivity index (χ4v) is 2.79. The van der Waals surface area contributed by atoms with Crippen LogP contribution in [0.15, 0.2) is 48.5 Å². The van der Waals surface area contributed by atoms with E-state index in [0.29, 0.717) is 23.6 Å². The third kappa shape index (κ3) is 3.49. The lowest BCUT2D eigenvalue weighted by Gasteiger charge is -2.20. The molecule has 0 fully saturated rings. The van der Waals surface area contributed by atoms with Crippen LogP contribution in [0, 0.1) is 0 Å². The van der Waals surface area contributed by atoms with Crippen LogP contribution in [0.1, 0.15) is 24.2 Å². The molecule has 0 saturated carbocycles. The van der Waals surface area contributed by atoms with Crippen molar-refractivity contribution in [3.8, 4) is 0 Å². The van der Waals surface area contributed by atoms with E-state index in [2.05, 4.69) is 4.98 Å². The molecule has 3 N–H and O–H groups in total. The number of fused-ring (bicyclic) bond motifs is 1. The Bertz CT molecular complexity index is 910. The fraction of sp³-hybridized carbons (Fsp3) is 0.263. The molecular weight excluding hydrogens is 316 g/mol. The van der Waals surface area contributed by atoms with Gasteiger partial charge in [-0.2, -0.15) is 0 Å². The van der Waals surface area contributed by atoms with Crippen LogP contribution in [-0.4, -0.2) is 33.2 Å². The van der Waals surface area contributed by atoms with E-state index < -0.39 is 5.60 Å². The van der Waals surface area contributed by atoms with E-state index in [1.165, 1.54) is 0 Å². The number of amides is 1. The molecule has 0 bridgehead atoms. The molecule has 0 spiro atoms. The number of hydrogen-bond acceptors (Lipinski definition) is 4. The van der Waals surface area contributed by atoms with Crippen molar-refractivity contribution in [2.24, 2.45) is 0 Å². The van der Waals surface area contributed by atoms with Gasteiger partial charge in [0.2, 0.25) is 5.95 Å². The van der Waals surface area contributed by atoms with Crippen molar-refractivity contribution in [3.63, 3.8) is 0 Å². The molecule has 3 aromatic rings. The van der Waals surface area contributed by atoms with Gasteiger partial charge in [0.05, 0.1) is 23.2 Å². The zero-order valence-corrected chi connectivity index (χ0v) is 14.6. The third-order valence-corrected chi connectivity index (χ3v) is 4.02. The molecule has 1 heterocycles. The van der Waals surface area contributed by atoms with Gasteiger partial charge in [-0.1, -0.05) is 18.2 Å². The van der Waals surface area contributed by atoms with Crippen LogP contribution in [-0.2, 0) is 6.54 Å². The summed E-state index contributed by atoms with van der Waals surface area (Å²) in [6.45, 7) is 3.78. The van der Waals surface area contributed by atoms with Crippen molar-refractivity contribution in [1.82, 2.24) is 9.55 Å². The number of nitrogens with zero attached hydrogens (tertiary/aromatic N) is 3. The number of carbonyl (C=O) groups excluding carboxylic acids is 1. The average Bonchev–Trinajstić information content (AvgIpc) is 2.87. The molecule has 0 unspecified atom stereocenters. The van der Waals surface area contributed by atoms with Gasteiger partial charge in [-0.15, -0.1) is 0 Å². The monoisotopic (exact) mass is 338 g/mol. The van der Waals surface area contributed by atoms with Crippen molar-refractivity contribution in [2.75, 3.05) is 17.7 Å². The SMILES string of the molecule is CN(C(=O)c1ccccc1)c1ccc2c(c1)nc(N)n2CC(C)(C)O. The minimum Gasteiger partial charge on any atom is -0.389 e. The number of rotatable bonds is 4. The lowest BCUT2D eigenvalue weighted by Crippen LogP contribution is -2.27. The normalized spacial score (nSPS) is 11.7. The van der Waals surface area contributed by atoms with E-state index in [1.54, 1.807) is 42.5 Å². The summed E-state index contributed by atoms with van der Waals surface area (Å²) in [5, 5.41) is 10.1. The highest BCUT2D eigenvalue weighted by atomic mass is 16.3. The molecule has 0 aliphatic rings. The van der Waals surface area contributed by atoms with Crippen LogP contribution < -0.4 is 10.6 Å². The Balaban J connectivity index is 1.95. The van der Waals surface area contributed by atoms with Gasteiger partial charge in [0.1, 0.15) is 0 Å². The van der Waals surface area contributed by atoms with Gasteiger partial charge in [0.25, 0.3) is 5.91 Å². The molecule has 0 atom stereocenters. The second-order valence-corrected chi connectivity index (χ2v) is 6.77. The number of nitrogen functional groups attached to an aromatic ring is 1. The summed E-state index contributed by atoms with van der Waals surface area (Å²) in [7, 11) is 1.73. The molecule has 0 saturated heterocycles. The van der Waals surface area contributed by atoms with E-state index in [1.807, 2.05) is 36.4 Å². The van der Waals surface area contributed by atoms with Gasteiger partial charge in [-0.05, 0) is 44.2 Å². The number of benzene rings is 2. The molecule has 1 aromatic heterocycles. The minimum atomic E-state index is -0.902. The first-order valence-corrected chi connectivity index (χ1v) is 8.07. The topological polar surface area (TPSA) is 84.4 Å². The summed E-state index contributed by atoms with van der Waals surface area (Å²) in [4.78, 5) is 18.5. The molecule has 1 amide bonds. The van der Waals surface area contributed by atoms with Crippen LogP contribution in [0.25, 0.3) is 11.0 Å². The van der Waals surface area contributed by atoms with Gasteiger partial charge >= 0.3 is 0 Å². The summed E-state index contributed by atoms with van der Waals surface area (Å²) < 4.78 is 1.78. The highest BCUT2D eigenvalue weighted by Crippen LogP contribution is 2.25. The maximum absolute atomic E-state index is 12.6. The second-order valence-electron chi connectivity index (χ2n) is 6.77. The minimum absolute atomic E-state index is 0.0937. The van der Waals surface area contributed by atoms with E-state index in [0.717, 1.165) is 11.2 Å². The smallest absolute Gasteiger partial charge is 0.258 e. The maximum atomic E-state index is 12.6. The van der Waals surface area contributed by atoms with Crippen molar-refractivity contribution < 1.29 is 9.90 Å². The number of aromatic nitrogens is 2. The van der Waals surface area contributed by atoms with Crippen LogP contribution in [0.4, 0.5) is 11.6 Å². The maximum Gasteiger partial charge on any atom is 0.258 e. The lowest BCUT2D eigenvalue weighted by molar-refractivity contribution is 0.0632. The number of hydrogen-bond donors (Lipinski definition) is 2. The Hall–Kier alpha value is -2.86. The Morgan fingerprint density at radius 2 is 1.92 bits per heavy atom. The van der Waals surface area contributed by atoms with E-state index in [-0.39, 0.29) is 5.91 Å². The molecule has 0 radical (unpaired) electrons. The molecular formula is C19H22N4O2. The number of anilines is 2. The highest BCUT2D eigenvalue weighted by molar-refractivity contribution is 6.06. The number of nitrogens with two attached hydrogens (primary N) is 1. The van der Waals surface area contributed by atoms with Gasteiger partial charge < -0.3 is 20.3 Å². The van der Waals surface area contributed by atoms with E-state index in [4.69, 9.17) is 5.73 Å². The van der Waals surface area contributed by atoms with Crippen molar-refractivity contribution in [2.45, 2.75) is 26.0 Å². The molecule has 0 aliphatic carbocycles. The van der Waals surface area contributed by atoms with Crippen LogP contribution in [0.2, 0.25) is 0 Å². The number of carbonyl (C=O) groups is 1. The standard InChI is InChI=1S/C19H22N4O2/c1-19(2,25)12-23-16-10-9-14(11-15(16)21-18(23)20)22(3)17(24)13-7-5-4-6-8-13/h4-11,25H,12H2,1-3H3,(H2,20,21). The summed E-state index contributed by atoms with van der Waals surface area (Å²) in [6.07, 6.45) is 0. The Morgan fingerprint density at radius 3 is 2.56 bits per heavy atom. The molecule has 3 rings (SSSR count). The summed E-state index contributed by atoms with van der Waals surface area (Å²) in [5.41, 5.74) is 7.96. The predicted octanol–water partition coefficient (Wildman–Crippen LogP) is 2.67. The average molecular weight is 338 g/mol. The van der Waals surface area contributed by atoms with Crippen LogP contribution >= 0.6 is 0 Å². The number of imidazole rings is 1. The zero-order chi connectivity index (χ0) is 18.2. The second kappa shape index (κ2) is 6.22. The Kier molecular flexibility index (Phi) is 4.22. The van der Waals surface area contributed by atoms with Crippen molar-refractivity contribution in [3.05, 3.63) is 54.1 Å². The summed E-state index contributed by atoms with van der Waals surface area (Å²) in [5.74, 6) is 0.246. The largest absolute Gasteiger partial charge is 0.389 e. The van der Waals surface area contributed by atoms with Crippen LogP contribution in [0.3, 0.4) is 0 Å². The van der Waals surface area contributed by atoms with E-state index in [9.17, 15) is 9.90 Å². The zero-order valence-electron chi connectivity index (χ0n) is 14.6. The Morgan fingerprint density at radius 1 is 1.24 bits per heavy atom. The van der Waals surface area contributed by atoms with Gasteiger partial charge in [0, 0.05) is 18.3 Å². The first-order chi connectivity index (χ1) is 11.8. The molecule has 0 aliphatic heterocycles. The molecule has 6 heteroatoms. The number of aliphatic hydroxyl groups is 1. The van der Waals surface area contributed by atoms with Gasteiger partial charge in [-0.25, -0.2) is 4.98 Å². The summed E-state index contributed by atoms with van der Waals surface area (Å²) in [6, 6.07) is 14.7. The quantitative estimate of drug-likeness (QED) is 0.766. The van der Waals surface area contributed by atoms with Crippen molar-refractivity contribution >= 4 is 28.6 Å². The van der Waals surface area contributed by atoms with Gasteiger partial charge in [0.15, 0.2) is 0 Å². The lowest BCUT2D eigenvalue weighted by atomic mass is 10.1. The summed E-state index contributed by atoms with van der Waals surface area (Å²) >= 11 is 0. The third-order valence-electron chi connectivity index (χ3n) is 4.02.